The Bertz CT molecular complexity index is 837. The predicted octanol–water partition coefficient (Wildman–Crippen LogP) is 1.20. The van der Waals surface area contributed by atoms with E-state index >= 15 is 0 Å². The molecule has 1 aliphatic heterocycles. The Hall–Kier alpha value is -2.13. The second kappa shape index (κ2) is 6.30. The molecule has 0 atom stereocenters. The molecular formula is C16H21N5O3S. The first-order valence-corrected chi connectivity index (χ1v) is 9.82. The predicted molar refractivity (Wildman–Crippen MR) is 92.3 cm³/mol. The van der Waals surface area contributed by atoms with Crippen LogP contribution in [0.25, 0.3) is 0 Å². The van der Waals surface area contributed by atoms with Crippen molar-refractivity contribution in [3.8, 4) is 5.88 Å². The Balaban J connectivity index is 1.42. The SMILES string of the molecule is COc1ccc(S(=O)(=O)N2CCN(c3cc(C4CC4)[nH]n3)CC2)cn1. The molecule has 2 aromatic heterocycles. The number of H-pyrrole nitrogens is 1. The van der Waals surface area contributed by atoms with Gasteiger partial charge in [-0.15, -0.1) is 0 Å². The number of hydrogen-bond donors (Lipinski definition) is 1. The maximum Gasteiger partial charge on any atom is 0.244 e. The number of anilines is 1. The van der Waals surface area contributed by atoms with Crippen LogP contribution in [0.1, 0.15) is 24.5 Å². The lowest BCUT2D eigenvalue weighted by Gasteiger charge is -2.33. The molecule has 0 radical (unpaired) electrons. The van der Waals surface area contributed by atoms with E-state index in [-0.39, 0.29) is 4.90 Å². The highest BCUT2D eigenvalue weighted by Crippen LogP contribution is 2.39. The maximum atomic E-state index is 12.7. The Labute approximate surface area is 146 Å². The fourth-order valence-electron chi connectivity index (χ4n) is 3.04. The molecule has 3 heterocycles. The number of rotatable bonds is 5. The summed E-state index contributed by atoms with van der Waals surface area (Å²) in [7, 11) is -2.03. The number of pyridine rings is 1. The average molecular weight is 363 g/mol. The van der Waals surface area contributed by atoms with Crippen molar-refractivity contribution in [2.24, 2.45) is 0 Å². The number of aromatic amines is 1. The Morgan fingerprint density at radius 3 is 2.56 bits per heavy atom. The van der Waals surface area contributed by atoms with Crippen LogP contribution in [-0.4, -0.2) is 61.2 Å². The van der Waals surface area contributed by atoms with Crippen molar-refractivity contribution in [3.05, 3.63) is 30.1 Å². The molecule has 4 rings (SSSR count). The lowest BCUT2D eigenvalue weighted by molar-refractivity contribution is 0.382. The molecule has 2 aliphatic rings. The first-order valence-electron chi connectivity index (χ1n) is 8.38. The second-order valence-corrected chi connectivity index (χ2v) is 8.32. The summed E-state index contributed by atoms with van der Waals surface area (Å²) in [5.74, 6) is 1.93. The van der Waals surface area contributed by atoms with Crippen molar-refractivity contribution in [1.29, 1.82) is 0 Å². The molecule has 134 valence electrons. The summed E-state index contributed by atoms with van der Waals surface area (Å²) >= 11 is 0. The van der Waals surface area contributed by atoms with E-state index in [0.717, 1.165) is 5.82 Å². The summed E-state index contributed by atoms with van der Waals surface area (Å²) < 4.78 is 32.0. The van der Waals surface area contributed by atoms with Gasteiger partial charge in [0.15, 0.2) is 5.82 Å². The van der Waals surface area contributed by atoms with Crippen molar-refractivity contribution in [3.63, 3.8) is 0 Å². The van der Waals surface area contributed by atoms with Crippen molar-refractivity contribution >= 4 is 15.8 Å². The minimum absolute atomic E-state index is 0.192. The number of nitrogens with one attached hydrogen (secondary N) is 1. The van der Waals surface area contributed by atoms with Gasteiger partial charge in [-0.2, -0.15) is 9.40 Å². The van der Waals surface area contributed by atoms with Crippen LogP contribution in [0.3, 0.4) is 0 Å². The topological polar surface area (TPSA) is 91.4 Å². The third kappa shape index (κ3) is 3.21. The van der Waals surface area contributed by atoms with E-state index in [4.69, 9.17) is 4.74 Å². The van der Waals surface area contributed by atoms with Gasteiger partial charge in [0.25, 0.3) is 0 Å². The van der Waals surface area contributed by atoms with Crippen LogP contribution >= 0.6 is 0 Å². The second-order valence-electron chi connectivity index (χ2n) is 6.38. The number of methoxy groups -OCH3 is 1. The van der Waals surface area contributed by atoms with Gasteiger partial charge in [-0.05, 0) is 18.9 Å². The highest BCUT2D eigenvalue weighted by molar-refractivity contribution is 7.89. The molecule has 8 nitrogen and oxygen atoms in total. The molecule has 2 fully saturated rings. The van der Waals surface area contributed by atoms with Gasteiger partial charge in [0.05, 0.1) is 13.3 Å². The lowest BCUT2D eigenvalue weighted by Crippen LogP contribution is -2.48. The normalized spacial score (nSPS) is 19.2. The molecule has 0 unspecified atom stereocenters. The number of sulfonamides is 1. The quantitative estimate of drug-likeness (QED) is 0.858. The van der Waals surface area contributed by atoms with E-state index in [0.29, 0.717) is 38.0 Å². The minimum Gasteiger partial charge on any atom is -0.481 e. The van der Waals surface area contributed by atoms with Crippen molar-refractivity contribution in [2.75, 3.05) is 38.2 Å². The van der Waals surface area contributed by atoms with E-state index in [1.165, 1.54) is 42.2 Å². The summed E-state index contributed by atoms with van der Waals surface area (Å²) in [5.41, 5.74) is 1.19. The minimum atomic E-state index is -3.53. The highest BCUT2D eigenvalue weighted by Gasteiger charge is 2.31. The van der Waals surface area contributed by atoms with E-state index in [9.17, 15) is 8.42 Å². The summed E-state index contributed by atoms with van der Waals surface area (Å²) in [6.07, 6.45) is 3.79. The zero-order valence-electron chi connectivity index (χ0n) is 14.1. The smallest absolute Gasteiger partial charge is 0.244 e. The summed E-state index contributed by atoms with van der Waals surface area (Å²) in [5, 5.41) is 7.47. The summed E-state index contributed by atoms with van der Waals surface area (Å²) in [4.78, 5) is 6.31. The van der Waals surface area contributed by atoms with Crippen LogP contribution in [0, 0.1) is 0 Å². The van der Waals surface area contributed by atoms with Gasteiger partial charge in [-0.25, -0.2) is 13.4 Å². The van der Waals surface area contributed by atoms with Gasteiger partial charge in [0.2, 0.25) is 15.9 Å². The molecule has 9 heteroatoms. The zero-order chi connectivity index (χ0) is 17.4. The van der Waals surface area contributed by atoms with E-state index in [1.54, 1.807) is 6.07 Å². The first-order chi connectivity index (χ1) is 12.1. The fraction of sp³-hybridized carbons (Fsp3) is 0.500. The number of nitrogens with zero attached hydrogens (tertiary/aromatic N) is 4. The molecule has 1 saturated heterocycles. The third-order valence-corrected chi connectivity index (χ3v) is 6.60. The van der Waals surface area contributed by atoms with Crippen LogP contribution in [0.5, 0.6) is 5.88 Å². The summed E-state index contributed by atoms with van der Waals surface area (Å²) in [6, 6.07) is 5.19. The van der Waals surface area contributed by atoms with Gasteiger partial charge < -0.3 is 9.64 Å². The Morgan fingerprint density at radius 1 is 1.20 bits per heavy atom. The van der Waals surface area contributed by atoms with Crippen LogP contribution in [0.15, 0.2) is 29.3 Å². The molecule has 1 saturated carbocycles. The first kappa shape index (κ1) is 16.3. The van der Waals surface area contributed by atoms with Crippen LogP contribution in [-0.2, 0) is 10.0 Å². The van der Waals surface area contributed by atoms with Gasteiger partial charge in [0.1, 0.15) is 4.90 Å². The summed E-state index contributed by atoms with van der Waals surface area (Å²) in [6.45, 7) is 2.11. The van der Waals surface area contributed by atoms with Gasteiger partial charge in [-0.1, -0.05) is 0 Å². The van der Waals surface area contributed by atoms with E-state index in [2.05, 4.69) is 26.1 Å². The largest absolute Gasteiger partial charge is 0.481 e. The van der Waals surface area contributed by atoms with Crippen molar-refractivity contribution in [2.45, 2.75) is 23.7 Å². The monoisotopic (exact) mass is 363 g/mol. The Morgan fingerprint density at radius 2 is 1.96 bits per heavy atom. The lowest BCUT2D eigenvalue weighted by atomic mass is 10.3. The van der Waals surface area contributed by atoms with Crippen LogP contribution < -0.4 is 9.64 Å². The van der Waals surface area contributed by atoms with E-state index < -0.39 is 10.0 Å². The molecule has 1 aliphatic carbocycles. The van der Waals surface area contributed by atoms with Crippen LogP contribution in [0.4, 0.5) is 5.82 Å². The average Bonchev–Trinajstić information content (AvgIpc) is 3.39. The highest BCUT2D eigenvalue weighted by atomic mass is 32.2. The number of aromatic nitrogens is 3. The van der Waals surface area contributed by atoms with Crippen molar-refractivity contribution < 1.29 is 13.2 Å². The molecule has 2 aromatic rings. The number of piperazine rings is 1. The molecule has 0 bridgehead atoms. The van der Waals surface area contributed by atoms with Gasteiger partial charge in [-0.3, -0.25) is 5.10 Å². The molecular weight excluding hydrogens is 342 g/mol. The Kier molecular flexibility index (Phi) is 4.12. The van der Waals surface area contributed by atoms with Crippen molar-refractivity contribution in [1.82, 2.24) is 19.5 Å². The van der Waals surface area contributed by atoms with Crippen LogP contribution in [0.2, 0.25) is 0 Å². The molecule has 0 aromatic carbocycles. The van der Waals surface area contributed by atoms with Gasteiger partial charge in [0, 0.05) is 49.9 Å². The molecule has 0 spiro atoms. The van der Waals surface area contributed by atoms with Gasteiger partial charge >= 0.3 is 0 Å². The maximum absolute atomic E-state index is 12.7. The number of hydrogen-bond acceptors (Lipinski definition) is 6. The fourth-order valence-corrected chi connectivity index (χ4v) is 4.41. The zero-order valence-corrected chi connectivity index (χ0v) is 14.9. The molecule has 0 amide bonds. The molecule has 25 heavy (non-hydrogen) atoms. The molecule has 1 N–H and O–H groups in total. The number of ether oxygens (including phenoxy) is 1. The standard InChI is InChI=1S/C16H21N5O3S/c1-24-16-5-4-13(11-17-16)25(22,23)21-8-6-20(7-9-21)15-10-14(18-19-15)12-2-3-12/h4-5,10-12H,2-3,6-9H2,1H3,(H,18,19). The van der Waals surface area contributed by atoms with E-state index in [1.807, 2.05) is 0 Å². The third-order valence-electron chi connectivity index (χ3n) is 4.72.